The minimum absolute atomic E-state index is 0.137. The zero-order valence-electron chi connectivity index (χ0n) is 13.1. The summed E-state index contributed by atoms with van der Waals surface area (Å²) in [6.07, 6.45) is 0. The molecule has 0 saturated carbocycles. The predicted molar refractivity (Wildman–Crippen MR) is 85.8 cm³/mol. The van der Waals surface area contributed by atoms with Crippen LogP contribution in [0, 0.1) is 6.92 Å². The number of rotatable bonds is 5. The van der Waals surface area contributed by atoms with Crippen molar-refractivity contribution in [3.8, 4) is 11.5 Å². The molecule has 112 valence electrons. The van der Waals surface area contributed by atoms with Gasteiger partial charge in [0.15, 0.2) is 0 Å². The quantitative estimate of drug-likeness (QED) is 0.868. The normalized spacial score (nSPS) is 13.7. The third kappa shape index (κ3) is 3.76. The number of phenolic OH excluding ortho intramolecular Hbond substituents is 1. The first-order valence-corrected chi connectivity index (χ1v) is 7.20. The summed E-state index contributed by atoms with van der Waals surface area (Å²) in [6, 6.07) is 13.9. The lowest BCUT2D eigenvalue weighted by Crippen LogP contribution is -2.22. The first-order chi connectivity index (χ1) is 10.0. The van der Waals surface area contributed by atoms with Crippen molar-refractivity contribution in [2.75, 3.05) is 7.11 Å². The zero-order valence-corrected chi connectivity index (χ0v) is 13.1. The number of aryl methyl sites for hydroxylation is 1. The standard InChI is InChI=1S/C18H23NO2/c1-12-8-9-17(18(10-12)21-4)14(3)19-13(2)15-6-5-7-16(20)11-15/h5-11,13-14,19-20H,1-4H3. The lowest BCUT2D eigenvalue weighted by Gasteiger charge is -2.22. The molecule has 3 nitrogen and oxygen atoms in total. The summed E-state index contributed by atoms with van der Waals surface area (Å²) in [5.41, 5.74) is 3.38. The summed E-state index contributed by atoms with van der Waals surface area (Å²) in [6.45, 7) is 6.26. The van der Waals surface area contributed by atoms with Gasteiger partial charge in [-0.25, -0.2) is 0 Å². The van der Waals surface area contributed by atoms with Crippen LogP contribution < -0.4 is 10.1 Å². The van der Waals surface area contributed by atoms with Crippen LogP contribution in [0.3, 0.4) is 0 Å². The lowest BCUT2D eigenvalue weighted by atomic mass is 10.0. The number of benzene rings is 2. The van der Waals surface area contributed by atoms with Gasteiger partial charge in [-0.1, -0.05) is 24.3 Å². The summed E-state index contributed by atoms with van der Waals surface area (Å²) < 4.78 is 5.47. The highest BCUT2D eigenvalue weighted by atomic mass is 16.5. The molecule has 2 aromatic carbocycles. The molecular formula is C18H23NO2. The molecule has 0 fully saturated rings. The Labute approximate surface area is 126 Å². The van der Waals surface area contributed by atoms with E-state index in [1.54, 1.807) is 19.2 Å². The van der Waals surface area contributed by atoms with Gasteiger partial charge in [-0.3, -0.25) is 0 Å². The molecule has 0 saturated heterocycles. The predicted octanol–water partition coefficient (Wildman–Crippen LogP) is 4.12. The van der Waals surface area contributed by atoms with E-state index in [-0.39, 0.29) is 12.1 Å². The van der Waals surface area contributed by atoms with Crippen molar-refractivity contribution >= 4 is 0 Å². The van der Waals surface area contributed by atoms with Crippen molar-refractivity contribution < 1.29 is 9.84 Å². The maximum atomic E-state index is 9.58. The van der Waals surface area contributed by atoms with Crippen LogP contribution in [0.5, 0.6) is 11.5 Å². The van der Waals surface area contributed by atoms with Gasteiger partial charge < -0.3 is 15.2 Å². The third-order valence-corrected chi connectivity index (χ3v) is 3.73. The number of phenols is 1. The Morgan fingerprint density at radius 3 is 2.48 bits per heavy atom. The first-order valence-electron chi connectivity index (χ1n) is 7.20. The third-order valence-electron chi connectivity index (χ3n) is 3.73. The number of methoxy groups -OCH3 is 1. The van der Waals surface area contributed by atoms with Crippen molar-refractivity contribution in [1.29, 1.82) is 0 Å². The Morgan fingerprint density at radius 1 is 1.05 bits per heavy atom. The number of nitrogens with one attached hydrogen (secondary N) is 1. The molecule has 0 aliphatic carbocycles. The molecule has 2 atom stereocenters. The van der Waals surface area contributed by atoms with Gasteiger partial charge in [0.2, 0.25) is 0 Å². The minimum Gasteiger partial charge on any atom is -0.508 e. The molecule has 2 rings (SSSR count). The van der Waals surface area contributed by atoms with E-state index in [2.05, 4.69) is 38.2 Å². The second kappa shape index (κ2) is 6.64. The van der Waals surface area contributed by atoms with Gasteiger partial charge in [-0.05, 0) is 50.1 Å². The average molecular weight is 285 g/mol. The van der Waals surface area contributed by atoms with E-state index in [4.69, 9.17) is 4.74 Å². The number of hydrogen-bond acceptors (Lipinski definition) is 3. The number of aromatic hydroxyl groups is 1. The van der Waals surface area contributed by atoms with Gasteiger partial charge >= 0.3 is 0 Å². The molecule has 21 heavy (non-hydrogen) atoms. The molecule has 0 aliphatic heterocycles. The molecule has 0 aliphatic rings. The van der Waals surface area contributed by atoms with Crippen molar-refractivity contribution in [3.63, 3.8) is 0 Å². The minimum atomic E-state index is 0.137. The van der Waals surface area contributed by atoms with Gasteiger partial charge in [0.05, 0.1) is 7.11 Å². The van der Waals surface area contributed by atoms with Crippen LogP contribution in [0.1, 0.15) is 42.6 Å². The highest BCUT2D eigenvalue weighted by Crippen LogP contribution is 2.28. The van der Waals surface area contributed by atoms with Gasteiger partial charge in [0.25, 0.3) is 0 Å². The van der Waals surface area contributed by atoms with Crippen LogP contribution in [0.25, 0.3) is 0 Å². The largest absolute Gasteiger partial charge is 0.508 e. The van der Waals surface area contributed by atoms with Crippen LogP contribution in [0.4, 0.5) is 0 Å². The van der Waals surface area contributed by atoms with E-state index < -0.39 is 0 Å². The molecule has 0 heterocycles. The monoisotopic (exact) mass is 285 g/mol. The van der Waals surface area contributed by atoms with Crippen molar-refractivity contribution in [3.05, 3.63) is 59.2 Å². The molecular weight excluding hydrogens is 262 g/mol. The van der Waals surface area contributed by atoms with Crippen LogP contribution in [-0.4, -0.2) is 12.2 Å². The number of hydrogen-bond donors (Lipinski definition) is 2. The molecule has 0 spiro atoms. The topological polar surface area (TPSA) is 41.5 Å². The molecule has 2 aromatic rings. The van der Waals surface area contributed by atoms with Crippen LogP contribution in [0.2, 0.25) is 0 Å². The van der Waals surface area contributed by atoms with Crippen LogP contribution >= 0.6 is 0 Å². The van der Waals surface area contributed by atoms with E-state index >= 15 is 0 Å². The van der Waals surface area contributed by atoms with E-state index in [1.807, 2.05) is 18.2 Å². The fourth-order valence-electron chi connectivity index (χ4n) is 2.53. The lowest BCUT2D eigenvalue weighted by molar-refractivity contribution is 0.396. The van der Waals surface area contributed by atoms with Gasteiger partial charge in [-0.15, -0.1) is 0 Å². The van der Waals surface area contributed by atoms with Crippen molar-refractivity contribution in [1.82, 2.24) is 5.32 Å². The Hall–Kier alpha value is -2.00. The van der Waals surface area contributed by atoms with E-state index in [9.17, 15) is 5.11 Å². The summed E-state index contributed by atoms with van der Waals surface area (Å²) in [4.78, 5) is 0. The van der Waals surface area contributed by atoms with Gasteiger partial charge in [-0.2, -0.15) is 0 Å². The molecule has 0 radical (unpaired) electrons. The summed E-state index contributed by atoms with van der Waals surface area (Å²) in [7, 11) is 1.70. The summed E-state index contributed by atoms with van der Waals surface area (Å²) in [5, 5.41) is 13.1. The second-order valence-electron chi connectivity index (χ2n) is 5.45. The smallest absolute Gasteiger partial charge is 0.123 e. The fourth-order valence-corrected chi connectivity index (χ4v) is 2.53. The molecule has 3 heteroatoms. The van der Waals surface area contributed by atoms with E-state index in [0.717, 1.165) is 16.9 Å². The van der Waals surface area contributed by atoms with Crippen LogP contribution in [-0.2, 0) is 0 Å². The van der Waals surface area contributed by atoms with E-state index in [0.29, 0.717) is 5.75 Å². The van der Waals surface area contributed by atoms with Gasteiger partial charge in [0, 0.05) is 17.6 Å². The average Bonchev–Trinajstić information content (AvgIpc) is 2.46. The molecule has 2 unspecified atom stereocenters. The Bertz CT molecular complexity index is 610. The molecule has 0 bridgehead atoms. The highest BCUT2D eigenvalue weighted by Gasteiger charge is 2.15. The van der Waals surface area contributed by atoms with Gasteiger partial charge in [0.1, 0.15) is 11.5 Å². The molecule has 2 N–H and O–H groups in total. The molecule has 0 amide bonds. The Morgan fingerprint density at radius 2 is 1.81 bits per heavy atom. The second-order valence-corrected chi connectivity index (χ2v) is 5.45. The SMILES string of the molecule is COc1cc(C)ccc1C(C)NC(C)c1cccc(O)c1. The Balaban J connectivity index is 2.16. The molecule has 0 aromatic heterocycles. The van der Waals surface area contributed by atoms with Crippen LogP contribution in [0.15, 0.2) is 42.5 Å². The zero-order chi connectivity index (χ0) is 15.4. The van der Waals surface area contributed by atoms with E-state index in [1.165, 1.54) is 5.56 Å². The summed E-state index contributed by atoms with van der Waals surface area (Å²) >= 11 is 0. The Kier molecular flexibility index (Phi) is 4.86. The maximum absolute atomic E-state index is 9.58. The van der Waals surface area contributed by atoms with Crippen molar-refractivity contribution in [2.24, 2.45) is 0 Å². The van der Waals surface area contributed by atoms with Crippen molar-refractivity contribution in [2.45, 2.75) is 32.9 Å². The summed E-state index contributed by atoms with van der Waals surface area (Å²) in [5.74, 6) is 1.19. The maximum Gasteiger partial charge on any atom is 0.123 e. The number of ether oxygens (including phenoxy) is 1. The first kappa shape index (κ1) is 15.4. The fraction of sp³-hybridized carbons (Fsp3) is 0.333. The highest BCUT2D eigenvalue weighted by molar-refractivity contribution is 5.39.